The van der Waals surface area contributed by atoms with E-state index in [2.05, 4.69) is 19.1 Å². The minimum atomic E-state index is -0.847. The van der Waals surface area contributed by atoms with Gasteiger partial charge >= 0.3 is 5.97 Å². The van der Waals surface area contributed by atoms with Crippen LogP contribution >= 0.6 is 0 Å². The van der Waals surface area contributed by atoms with Crippen LogP contribution in [-0.2, 0) is 11.2 Å². The lowest BCUT2D eigenvalue weighted by atomic mass is 9.91. The van der Waals surface area contributed by atoms with Crippen molar-refractivity contribution in [1.29, 1.82) is 0 Å². The molecule has 0 aromatic heterocycles. The monoisotopic (exact) mass is 460 g/mol. The molecule has 0 aliphatic heterocycles. The molecule has 0 aliphatic carbocycles. The number of aliphatic hydroxyl groups is 1. The molecular formula is C30H36O4. The summed E-state index contributed by atoms with van der Waals surface area (Å²) in [4.78, 5) is 11.8. The molecule has 3 rings (SSSR count). The molecule has 34 heavy (non-hydrogen) atoms. The number of benzene rings is 3. The molecule has 4 heteroatoms. The van der Waals surface area contributed by atoms with Crippen molar-refractivity contribution in [3.8, 4) is 16.9 Å². The molecule has 2 atom stereocenters. The Kier molecular flexibility index (Phi) is 10.2. The molecule has 2 unspecified atom stereocenters. The number of ether oxygens (including phenoxy) is 1. The molecule has 0 saturated heterocycles. The molecule has 4 nitrogen and oxygen atoms in total. The highest BCUT2D eigenvalue weighted by Crippen LogP contribution is 2.28. The van der Waals surface area contributed by atoms with Crippen LogP contribution in [0, 0.1) is 5.92 Å². The summed E-state index contributed by atoms with van der Waals surface area (Å²) in [5.74, 6) is -0.539. The van der Waals surface area contributed by atoms with E-state index < -0.39 is 18.0 Å². The van der Waals surface area contributed by atoms with Gasteiger partial charge in [-0.1, -0.05) is 86.5 Å². The Bertz CT molecular complexity index is 981. The maximum atomic E-state index is 11.8. The average molecular weight is 461 g/mol. The van der Waals surface area contributed by atoms with Gasteiger partial charge in [-0.05, 0) is 66.5 Å². The first kappa shape index (κ1) is 25.5. The molecule has 0 fully saturated rings. The molecule has 3 aromatic rings. The second-order valence-electron chi connectivity index (χ2n) is 8.87. The first-order valence-corrected chi connectivity index (χ1v) is 12.3. The Morgan fingerprint density at radius 2 is 1.50 bits per heavy atom. The van der Waals surface area contributed by atoms with Gasteiger partial charge in [-0.15, -0.1) is 0 Å². The maximum absolute atomic E-state index is 11.8. The second-order valence-corrected chi connectivity index (χ2v) is 8.87. The number of carbonyl (C=O) groups is 1. The van der Waals surface area contributed by atoms with E-state index >= 15 is 0 Å². The van der Waals surface area contributed by atoms with Crippen LogP contribution in [-0.4, -0.2) is 22.8 Å². The van der Waals surface area contributed by atoms with Crippen LogP contribution in [0.5, 0.6) is 5.75 Å². The number of aliphatic carboxylic acids is 1. The van der Waals surface area contributed by atoms with Gasteiger partial charge in [-0.3, -0.25) is 4.79 Å². The number of carboxylic acid groups (broad SMARTS) is 1. The first-order valence-electron chi connectivity index (χ1n) is 12.3. The molecule has 0 radical (unpaired) electrons. The molecule has 0 saturated carbocycles. The molecule has 0 bridgehead atoms. The van der Waals surface area contributed by atoms with Crippen molar-refractivity contribution in [2.45, 2.75) is 58.0 Å². The Labute approximate surface area is 203 Å². The van der Waals surface area contributed by atoms with Crippen LogP contribution in [0.1, 0.15) is 62.7 Å². The van der Waals surface area contributed by atoms with Crippen LogP contribution in [0.4, 0.5) is 0 Å². The number of hydrogen-bond donors (Lipinski definition) is 2. The fourth-order valence-corrected chi connectivity index (χ4v) is 4.13. The Balaban J connectivity index is 1.52. The fraction of sp³-hybridized carbons (Fsp3) is 0.367. The predicted octanol–water partition coefficient (Wildman–Crippen LogP) is 7.07. The summed E-state index contributed by atoms with van der Waals surface area (Å²) in [7, 11) is 0. The molecule has 3 aromatic carbocycles. The third kappa shape index (κ3) is 8.03. The second kappa shape index (κ2) is 13.6. The third-order valence-corrected chi connectivity index (χ3v) is 6.22. The van der Waals surface area contributed by atoms with Gasteiger partial charge < -0.3 is 14.9 Å². The lowest BCUT2D eigenvalue weighted by Crippen LogP contribution is -2.17. The number of aryl methyl sites for hydroxylation is 1. The SMILES string of the molecule is CCCCCOc1ccc(-c2ccc(C(O)CC(CCCc3ccccc3)C(=O)O)cc2)cc1. The van der Waals surface area contributed by atoms with Crippen molar-refractivity contribution in [2.75, 3.05) is 6.61 Å². The van der Waals surface area contributed by atoms with Crippen LogP contribution in [0.2, 0.25) is 0 Å². The van der Waals surface area contributed by atoms with Crippen molar-refractivity contribution < 1.29 is 19.7 Å². The van der Waals surface area contributed by atoms with Crippen molar-refractivity contribution >= 4 is 5.97 Å². The van der Waals surface area contributed by atoms with Gasteiger partial charge in [0.2, 0.25) is 0 Å². The normalized spacial score (nSPS) is 12.8. The van der Waals surface area contributed by atoms with Gasteiger partial charge in [0.1, 0.15) is 5.75 Å². The molecule has 0 heterocycles. The summed E-state index contributed by atoms with van der Waals surface area (Å²) in [6, 6.07) is 25.8. The van der Waals surface area contributed by atoms with E-state index in [0.29, 0.717) is 6.42 Å². The van der Waals surface area contributed by atoms with Gasteiger partial charge in [0.25, 0.3) is 0 Å². The zero-order chi connectivity index (χ0) is 24.2. The number of carboxylic acids is 1. The molecule has 2 N–H and O–H groups in total. The lowest BCUT2D eigenvalue weighted by molar-refractivity contribution is -0.143. The predicted molar refractivity (Wildman–Crippen MR) is 137 cm³/mol. The van der Waals surface area contributed by atoms with E-state index in [-0.39, 0.29) is 6.42 Å². The molecule has 0 amide bonds. The van der Waals surface area contributed by atoms with E-state index in [9.17, 15) is 15.0 Å². The van der Waals surface area contributed by atoms with Crippen LogP contribution in [0.3, 0.4) is 0 Å². The molecule has 180 valence electrons. The largest absolute Gasteiger partial charge is 0.494 e. The van der Waals surface area contributed by atoms with Crippen LogP contribution in [0.25, 0.3) is 11.1 Å². The van der Waals surface area contributed by atoms with Crippen molar-refractivity contribution in [3.05, 3.63) is 90.0 Å². The summed E-state index contributed by atoms with van der Waals surface area (Å²) < 4.78 is 5.78. The van der Waals surface area contributed by atoms with E-state index in [0.717, 1.165) is 48.3 Å². The molecule has 0 aliphatic rings. The fourth-order valence-electron chi connectivity index (χ4n) is 4.13. The Hall–Kier alpha value is -3.11. The van der Waals surface area contributed by atoms with Gasteiger partial charge in [-0.25, -0.2) is 0 Å². The maximum Gasteiger partial charge on any atom is 0.306 e. The summed E-state index contributed by atoms with van der Waals surface area (Å²) in [6.45, 7) is 2.92. The van der Waals surface area contributed by atoms with E-state index in [1.165, 1.54) is 18.4 Å². The van der Waals surface area contributed by atoms with Crippen molar-refractivity contribution in [3.63, 3.8) is 0 Å². The van der Waals surface area contributed by atoms with Gasteiger partial charge in [0.05, 0.1) is 18.6 Å². The van der Waals surface area contributed by atoms with Gasteiger partial charge in [0.15, 0.2) is 0 Å². The number of aliphatic hydroxyl groups excluding tert-OH is 1. The van der Waals surface area contributed by atoms with Gasteiger partial charge in [-0.2, -0.15) is 0 Å². The average Bonchev–Trinajstić information content (AvgIpc) is 2.87. The highest BCUT2D eigenvalue weighted by molar-refractivity contribution is 5.70. The zero-order valence-electron chi connectivity index (χ0n) is 20.0. The summed E-state index contributed by atoms with van der Waals surface area (Å²) in [5.41, 5.74) is 4.07. The smallest absolute Gasteiger partial charge is 0.306 e. The van der Waals surface area contributed by atoms with Crippen LogP contribution < -0.4 is 4.74 Å². The Morgan fingerprint density at radius 1 is 0.853 bits per heavy atom. The topological polar surface area (TPSA) is 66.8 Å². The van der Waals surface area contributed by atoms with E-state index in [1.807, 2.05) is 66.7 Å². The first-order chi connectivity index (χ1) is 16.6. The van der Waals surface area contributed by atoms with Gasteiger partial charge in [0, 0.05) is 0 Å². The molecular weight excluding hydrogens is 424 g/mol. The highest BCUT2D eigenvalue weighted by Gasteiger charge is 2.22. The van der Waals surface area contributed by atoms with Crippen molar-refractivity contribution in [2.24, 2.45) is 5.92 Å². The Morgan fingerprint density at radius 3 is 2.12 bits per heavy atom. The zero-order valence-corrected chi connectivity index (χ0v) is 20.0. The lowest BCUT2D eigenvalue weighted by Gasteiger charge is -2.17. The number of unbranched alkanes of at least 4 members (excludes halogenated alkanes) is 2. The third-order valence-electron chi connectivity index (χ3n) is 6.22. The van der Waals surface area contributed by atoms with Crippen LogP contribution in [0.15, 0.2) is 78.9 Å². The van der Waals surface area contributed by atoms with E-state index in [4.69, 9.17) is 4.74 Å². The van der Waals surface area contributed by atoms with Crippen molar-refractivity contribution in [1.82, 2.24) is 0 Å². The standard InChI is InChI=1S/C30H36O4/c1-2-3-7-21-34-28-19-17-25(18-20-28)24-13-15-26(16-14-24)29(31)22-27(30(32)33)12-8-11-23-9-5-4-6-10-23/h4-6,9-10,13-20,27,29,31H,2-3,7-8,11-12,21-22H2,1H3,(H,32,33). The minimum Gasteiger partial charge on any atom is -0.494 e. The highest BCUT2D eigenvalue weighted by atomic mass is 16.5. The number of hydrogen-bond acceptors (Lipinski definition) is 3. The van der Waals surface area contributed by atoms with E-state index in [1.54, 1.807) is 0 Å². The quantitative estimate of drug-likeness (QED) is 0.253. The molecule has 0 spiro atoms. The minimum absolute atomic E-state index is 0.216. The number of rotatable bonds is 14. The summed E-state index contributed by atoms with van der Waals surface area (Å²) in [6.07, 6.45) is 5.02. The summed E-state index contributed by atoms with van der Waals surface area (Å²) in [5, 5.41) is 20.3. The summed E-state index contributed by atoms with van der Waals surface area (Å²) >= 11 is 0.